The lowest BCUT2D eigenvalue weighted by Crippen LogP contribution is -2.61. The van der Waals surface area contributed by atoms with Crippen LogP contribution in [0.1, 0.15) is 117 Å². The van der Waals surface area contributed by atoms with Crippen LogP contribution in [0.25, 0.3) is 0 Å². The molecule has 1 aliphatic rings. The number of aliphatic carboxylic acids is 3. The molecule has 13 atom stereocenters. The van der Waals surface area contributed by atoms with Crippen molar-refractivity contribution in [3.05, 3.63) is 18.2 Å². The number of rotatable bonds is 50. The topological polar surface area (TPSA) is 655 Å². The van der Waals surface area contributed by atoms with E-state index in [1.807, 2.05) is 0 Å². The second-order valence-corrected chi connectivity index (χ2v) is 26.3. The Balaban J connectivity index is 2.24. The zero-order valence-electron chi connectivity index (χ0n) is 59.2. The molecule has 0 aromatic carbocycles. The van der Waals surface area contributed by atoms with E-state index in [0.717, 1.165) is 4.90 Å². The maximum Gasteiger partial charge on any atom is 0.326 e. The number of thiol groups is 1. The van der Waals surface area contributed by atoms with Gasteiger partial charge in [-0.1, -0.05) is 40.5 Å². The number of aliphatic hydroxyl groups is 1. The van der Waals surface area contributed by atoms with Gasteiger partial charge in [0, 0.05) is 43.5 Å². The van der Waals surface area contributed by atoms with Crippen LogP contribution in [-0.4, -0.2) is 271 Å². The van der Waals surface area contributed by atoms with Gasteiger partial charge in [0.1, 0.15) is 66.5 Å². The Bertz CT molecular complexity index is 3190. The number of carbonyl (C=O) groups excluding carboxylic acids is 15. The van der Waals surface area contributed by atoms with E-state index >= 15 is 0 Å². The smallest absolute Gasteiger partial charge is 0.326 e. The van der Waals surface area contributed by atoms with E-state index < -0.39 is 255 Å². The van der Waals surface area contributed by atoms with Gasteiger partial charge in [0.05, 0.1) is 45.0 Å². The Morgan fingerprint density at radius 1 is 0.610 bits per heavy atom. The Hall–Kier alpha value is -9.75. The first-order valence-corrected chi connectivity index (χ1v) is 35.8. The zero-order valence-corrected chi connectivity index (χ0v) is 60.9. The molecule has 1 fully saturated rings. The van der Waals surface area contributed by atoms with Crippen LogP contribution in [0.3, 0.4) is 0 Å². The van der Waals surface area contributed by atoms with Crippen LogP contribution in [0.2, 0.25) is 0 Å². The fourth-order valence-electron chi connectivity index (χ4n) is 10.1. The molecule has 41 nitrogen and oxygen atoms in total. The maximum atomic E-state index is 14.1. The summed E-state index contributed by atoms with van der Waals surface area (Å²) in [6, 6.07) is -18.0. The molecule has 43 heteroatoms. The number of unbranched alkanes of at least 4 members (excludes halogenated alkanes) is 1. The summed E-state index contributed by atoms with van der Waals surface area (Å²) in [4.78, 5) is 244. The number of aliphatic hydroxyl groups excluding tert-OH is 1. The lowest BCUT2D eigenvalue weighted by atomic mass is 9.99. The van der Waals surface area contributed by atoms with Crippen molar-refractivity contribution in [2.45, 2.75) is 191 Å². The number of primary amides is 1. The van der Waals surface area contributed by atoms with E-state index in [-0.39, 0.29) is 44.4 Å². The third-order valence-electron chi connectivity index (χ3n) is 16.3. The second-order valence-electron chi connectivity index (χ2n) is 25.0. The number of nitrogens with zero attached hydrogens (tertiary/aromatic N) is 2. The molecule has 0 radical (unpaired) electrons. The highest BCUT2D eigenvalue weighted by Gasteiger charge is 2.40. The number of nitrogens with two attached hydrogens (primary N) is 3. The van der Waals surface area contributed by atoms with Crippen molar-refractivity contribution in [2.24, 2.45) is 29.0 Å². The minimum Gasteiger partial charge on any atom is -0.481 e. The first kappa shape index (κ1) is 91.3. The highest BCUT2D eigenvalue weighted by Crippen LogP contribution is 2.19. The van der Waals surface area contributed by atoms with Crippen molar-refractivity contribution in [1.29, 1.82) is 0 Å². The van der Waals surface area contributed by atoms with Gasteiger partial charge in [-0.3, -0.25) is 81.5 Å². The maximum absolute atomic E-state index is 14.1. The van der Waals surface area contributed by atoms with Crippen LogP contribution in [0.15, 0.2) is 12.5 Å². The van der Waals surface area contributed by atoms with E-state index in [9.17, 15) is 107 Å². The number of carbonyl (C=O) groups is 18. The molecule has 105 heavy (non-hydrogen) atoms. The van der Waals surface area contributed by atoms with Crippen molar-refractivity contribution in [3.8, 4) is 0 Å². The largest absolute Gasteiger partial charge is 0.481 e. The van der Waals surface area contributed by atoms with Gasteiger partial charge in [0.15, 0.2) is 0 Å². The lowest BCUT2D eigenvalue weighted by molar-refractivity contribution is -0.144. The second kappa shape index (κ2) is 47.6. The normalized spacial score (nSPS) is 15.9. The highest BCUT2D eigenvalue weighted by atomic mass is 32.2. The summed E-state index contributed by atoms with van der Waals surface area (Å²) in [6.07, 6.45) is 2.97. The summed E-state index contributed by atoms with van der Waals surface area (Å²) in [5, 5.41) is 69.5. The third kappa shape index (κ3) is 33.3. The van der Waals surface area contributed by atoms with Crippen molar-refractivity contribution in [3.63, 3.8) is 0 Å². The molecule has 1 aromatic heterocycles. The predicted molar refractivity (Wildman–Crippen MR) is 375 cm³/mol. The van der Waals surface area contributed by atoms with Crippen molar-refractivity contribution < 1.29 is 107 Å². The first-order chi connectivity index (χ1) is 49.5. The summed E-state index contributed by atoms with van der Waals surface area (Å²) in [7, 11) is 0. The molecule has 0 unspecified atom stereocenters. The number of aromatic nitrogens is 2. The Kier molecular flexibility index (Phi) is 41.4. The fraction of sp³-hybridized carbons (Fsp3) is 0.661. The molecule has 24 N–H and O–H groups in total. The van der Waals surface area contributed by atoms with Gasteiger partial charge in [0.25, 0.3) is 0 Å². The molecule has 0 aliphatic carbocycles. The summed E-state index contributed by atoms with van der Waals surface area (Å²) in [5.41, 5.74) is 17.0. The van der Waals surface area contributed by atoms with Gasteiger partial charge in [-0.05, 0) is 82.3 Å². The van der Waals surface area contributed by atoms with Crippen LogP contribution in [0, 0.1) is 11.8 Å². The van der Waals surface area contributed by atoms with Crippen molar-refractivity contribution in [2.75, 3.05) is 57.1 Å². The van der Waals surface area contributed by atoms with Gasteiger partial charge in [-0.15, -0.1) is 0 Å². The lowest BCUT2D eigenvalue weighted by Gasteiger charge is -2.29. The number of carboxylic acids is 3. The van der Waals surface area contributed by atoms with Crippen LogP contribution in [0.5, 0.6) is 0 Å². The molecule has 0 bridgehead atoms. The molecule has 0 spiro atoms. The molecule has 2 rings (SSSR count). The minimum atomic E-state index is -1.99. The number of imidazole rings is 1. The Morgan fingerprint density at radius 2 is 1.14 bits per heavy atom. The first-order valence-electron chi connectivity index (χ1n) is 33.7. The molecular formula is C62H101N19O22S2. The molecule has 1 aromatic rings. The highest BCUT2D eigenvalue weighted by molar-refractivity contribution is 7.98. The van der Waals surface area contributed by atoms with Gasteiger partial charge in [-0.2, -0.15) is 24.4 Å². The Labute approximate surface area is 614 Å². The average Bonchev–Trinajstić information content (AvgIpc) is 1.72. The van der Waals surface area contributed by atoms with Gasteiger partial charge >= 0.3 is 17.9 Å². The van der Waals surface area contributed by atoms with Crippen molar-refractivity contribution >= 4 is 131 Å². The molecule has 1 saturated heterocycles. The van der Waals surface area contributed by atoms with Crippen LogP contribution >= 0.6 is 24.4 Å². The van der Waals surface area contributed by atoms with Crippen LogP contribution in [-0.2, 0) is 92.7 Å². The van der Waals surface area contributed by atoms with Gasteiger partial charge < -0.3 is 117 Å². The van der Waals surface area contributed by atoms with Gasteiger partial charge in [-0.25, -0.2) is 9.78 Å². The van der Waals surface area contributed by atoms with Crippen LogP contribution in [0.4, 0.5) is 0 Å². The average molecular weight is 1530 g/mol. The summed E-state index contributed by atoms with van der Waals surface area (Å²) < 4.78 is 0. The number of hydrogen-bond acceptors (Lipinski definition) is 24. The summed E-state index contributed by atoms with van der Waals surface area (Å²) in [5.74, 6) is -20.6. The van der Waals surface area contributed by atoms with Gasteiger partial charge in [0.2, 0.25) is 88.6 Å². The molecule has 1 aliphatic heterocycles. The quantitative estimate of drug-likeness (QED) is 0.0213. The standard InChI is InChI=1S/C62H101N19O22S2/c1-7-31(4)50(62(102)103)79-46(86)26-69-59(99)42-12-10-19-81(42)61(101)40(27-82)77-58(98)41(28-104)78-57(97)39(22-48(89)90)76-60(100)49(30(2)3)80-56(96)35(13-15-43(65)83)72-45(85)25-68-53(93)38(21-33-23-66-29-70-33)75-55(95)37(17-20-105-6)74-51(91)32(5)71-54(94)36(14-16-47(87)88)73-44(84)24-67-52(92)34(64)11-8-9-18-63/h23,29-32,34-42,49-50,82,104H,7-22,24-28,63-64H2,1-6H3,(H2,65,83)(H,66,70)(H,67,92)(H,68,93)(H,69,99)(H,71,94)(H,72,85)(H,73,84)(H,74,91)(H,75,95)(H,76,100)(H,77,98)(H,78,97)(H,79,86)(H,80,96)(H,87,88)(H,89,90)(H,102,103)/t31-,32-,34-,35-,36-,37-,38-,39-,40-,41-,42-,49-,50-/m0/s1. The molecule has 2 heterocycles. The number of likely N-dealkylation sites (tertiary alicyclic amines) is 1. The minimum absolute atomic E-state index is 0.0334. The number of thioether (sulfide) groups is 1. The molecule has 15 amide bonds. The summed E-state index contributed by atoms with van der Waals surface area (Å²) >= 11 is 5.38. The van der Waals surface area contributed by atoms with E-state index in [2.05, 4.69) is 91.7 Å². The number of amides is 15. The molecular weight excluding hydrogens is 1430 g/mol. The van der Waals surface area contributed by atoms with Crippen molar-refractivity contribution in [1.82, 2.24) is 84.0 Å². The number of nitrogens with one attached hydrogen (secondary N) is 14. The SMILES string of the molecule is CC[C@H](C)[C@H](NC(=O)CNC(=O)[C@@H]1CCCN1C(=O)[C@H](CO)NC(=O)[C@H](CS)NC(=O)[C@H](CC(=O)O)NC(=O)[C@@H](NC(=O)[C@H](CCC(N)=O)NC(=O)CNC(=O)[C@H](Cc1cnc[nH]1)NC(=O)[C@H](CCSC)NC(=O)[C@H](C)NC(=O)[C@H](CCC(=O)O)NC(=O)CNC(=O)[C@@H](N)CCCCN)C(C)C)C(=O)O. The predicted octanol–water partition coefficient (Wildman–Crippen LogP) is -8.32. The number of aromatic amines is 1. The Morgan fingerprint density at radius 3 is 1.69 bits per heavy atom. The summed E-state index contributed by atoms with van der Waals surface area (Å²) in [6.45, 7) is 4.55. The zero-order chi connectivity index (χ0) is 79.2. The number of hydrogen-bond donors (Lipinski definition) is 22. The number of H-pyrrole nitrogens is 1. The van der Waals surface area contributed by atoms with E-state index in [1.165, 1.54) is 45.1 Å². The van der Waals surface area contributed by atoms with E-state index in [4.69, 9.17) is 17.2 Å². The third-order valence-corrected chi connectivity index (χ3v) is 17.3. The van der Waals surface area contributed by atoms with Crippen LogP contribution < -0.4 is 86.3 Å². The molecule has 0 saturated carbocycles. The number of carboxylic acid groups (broad SMARTS) is 3. The fourth-order valence-corrected chi connectivity index (χ4v) is 10.9. The van der Waals surface area contributed by atoms with E-state index in [0.29, 0.717) is 31.5 Å². The molecule has 588 valence electrons. The monoisotopic (exact) mass is 1530 g/mol. The van der Waals surface area contributed by atoms with E-state index in [1.54, 1.807) is 20.1 Å².